The van der Waals surface area contributed by atoms with Gasteiger partial charge in [-0.2, -0.15) is 0 Å². The Balaban J connectivity index is 0.00000225. The van der Waals surface area contributed by atoms with Crippen LogP contribution in [0.25, 0.3) is 0 Å². The van der Waals surface area contributed by atoms with Crippen LogP contribution < -0.4 is 10.1 Å². The van der Waals surface area contributed by atoms with E-state index in [1.54, 1.807) is 7.11 Å². The molecule has 2 aromatic carbocycles. The summed E-state index contributed by atoms with van der Waals surface area (Å²) in [5, 5.41) is 14.5. The standard InChI is InChI=1S/C20H25NO3.ClH/c1-15(11-16-7-9-18(23-2)10-8-16)21-13-20(22)14-24-12-17-5-3-4-6-19(17)20;/h3-10,15,21-22H,11-14H2,1-2H3;1H. The topological polar surface area (TPSA) is 50.7 Å². The van der Waals surface area contributed by atoms with E-state index in [4.69, 9.17) is 9.47 Å². The number of benzene rings is 2. The highest BCUT2D eigenvalue weighted by molar-refractivity contribution is 5.85. The number of methoxy groups -OCH3 is 1. The van der Waals surface area contributed by atoms with Crippen LogP contribution in [0.1, 0.15) is 23.6 Å². The zero-order valence-electron chi connectivity index (χ0n) is 14.7. The van der Waals surface area contributed by atoms with Crippen LogP contribution in [0.2, 0.25) is 0 Å². The molecule has 1 aliphatic rings. The maximum atomic E-state index is 11.0. The molecule has 0 saturated heterocycles. The molecule has 3 rings (SSSR count). The zero-order valence-corrected chi connectivity index (χ0v) is 15.5. The van der Waals surface area contributed by atoms with Gasteiger partial charge in [0.2, 0.25) is 0 Å². The van der Waals surface area contributed by atoms with Gasteiger partial charge in [0.15, 0.2) is 0 Å². The van der Waals surface area contributed by atoms with Crippen molar-refractivity contribution in [1.82, 2.24) is 5.32 Å². The molecule has 1 aliphatic heterocycles. The van der Waals surface area contributed by atoms with E-state index in [-0.39, 0.29) is 18.4 Å². The maximum Gasteiger partial charge on any atom is 0.126 e. The summed E-state index contributed by atoms with van der Waals surface area (Å²) in [6, 6.07) is 16.3. The highest BCUT2D eigenvalue weighted by Gasteiger charge is 2.35. The average Bonchev–Trinajstić information content (AvgIpc) is 2.61. The van der Waals surface area contributed by atoms with Crippen LogP contribution >= 0.6 is 12.4 Å². The molecule has 0 aliphatic carbocycles. The second kappa shape index (κ2) is 8.68. The first-order valence-corrected chi connectivity index (χ1v) is 8.35. The third-order valence-corrected chi connectivity index (χ3v) is 4.56. The first-order valence-electron chi connectivity index (χ1n) is 8.35. The molecule has 1 heterocycles. The number of rotatable bonds is 6. The van der Waals surface area contributed by atoms with Crippen molar-refractivity contribution in [2.45, 2.75) is 31.6 Å². The molecule has 0 saturated carbocycles. The molecular weight excluding hydrogens is 338 g/mol. The van der Waals surface area contributed by atoms with Crippen molar-refractivity contribution in [1.29, 1.82) is 0 Å². The normalized spacial score (nSPS) is 20.3. The van der Waals surface area contributed by atoms with Crippen LogP contribution in [0.5, 0.6) is 5.75 Å². The fourth-order valence-corrected chi connectivity index (χ4v) is 3.18. The predicted molar refractivity (Wildman–Crippen MR) is 101 cm³/mol. The van der Waals surface area contributed by atoms with E-state index in [9.17, 15) is 5.11 Å². The van der Waals surface area contributed by atoms with Crippen molar-refractivity contribution in [3.63, 3.8) is 0 Å². The second-order valence-corrected chi connectivity index (χ2v) is 6.52. The van der Waals surface area contributed by atoms with Gasteiger partial charge in [0.05, 0.1) is 20.3 Å². The number of nitrogens with one attached hydrogen (secondary N) is 1. The van der Waals surface area contributed by atoms with Crippen LogP contribution in [0.3, 0.4) is 0 Å². The van der Waals surface area contributed by atoms with Gasteiger partial charge in [0.1, 0.15) is 11.4 Å². The van der Waals surface area contributed by atoms with Gasteiger partial charge in [-0.15, -0.1) is 12.4 Å². The number of hydrogen-bond donors (Lipinski definition) is 2. The zero-order chi connectivity index (χ0) is 17.0. The van der Waals surface area contributed by atoms with E-state index in [0.29, 0.717) is 19.8 Å². The van der Waals surface area contributed by atoms with E-state index in [1.165, 1.54) is 5.56 Å². The molecule has 136 valence electrons. The minimum Gasteiger partial charge on any atom is -0.497 e. The highest BCUT2D eigenvalue weighted by Crippen LogP contribution is 2.29. The number of halogens is 1. The molecule has 2 aromatic rings. The van der Waals surface area contributed by atoms with Gasteiger partial charge >= 0.3 is 0 Å². The number of fused-ring (bicyclic) bond motifs is 1. The lowest BCUT2D eigenvalue weighted by molar-refractivity contribution is -0.0722. The first-order chi connectivity index (χ1) is 11.6. The molecule has 2 atom stereocenters. The third kappa shape index (κ3) is 4.73. The van der Waals surface area contributed by atoms with Gasteiger partial charge in [0.25, 0.3) is 0 Å². The lowest BCUT2D eigenvalue weighted by atomic mass is 9.88. The van der Waals surface area contributed by atoms with Crippen LogP contribution in [0.15, 0.2) is 48.5 Å². The lowest BCUT2D eigenvalue weighted by Crippen LogP contribution is -2.47. The van der Waals surface area contributed by atoms with Crippen molar-refractivity contribution in [3.8, 4) is 5.75 Å². The van der Waals surface area contributed by atoms with Crippen molar-refractivity contribution in [2.75, 3.05) is 20.3 Å². The van der Waals surface area contributed by atoms with Crippen molar-refractivity contribution < 1.29 is 14.6 Å². The van der Waals surface area contributed by atoms with Crippen molar-refractivity contribution in [2.24, 2.45) is 0 Å². The molecule has 0 spiro atoms. The number of ether oxygens (including phenoxy) is 2. The van der Waals surface area contributed by atoms with Crippen molar-refractivity contribution in [3.05, 3.63) is 65.2 Å². The van der Waals surface area contributed by atoms with Crippen molar-refractivity contribution >= 4 is 12.4 Å². The summed E-state index contributed by atoms with van der Waals surface area (Å²) in [7, 11) is 1.67. The van der Waals surface area contributed by atoms with E-state index in [2.05, 4.69) is 24.4 Å². The summed E-state index contributed by atoms with van der Waals surface area (Å²) in [6.45, 7) is 3.50. The maximum absolute atomic E-state index is 11.0. The summed E-state index contributed by atoms with van der Waals surface area (Å²) in [6.07, 6.45) is 0.891. The molecule has 4 nitrogen and oxygen atoms in total. The molecular formula is C20H26ClNO3. The van der Waals surface area contributed by atoms with Gasteiger partial charge in [-0.05, 0) is 42.2 Å². The number of aliphatic hydroxyl groups is 1. The second-order valence-electron chi connectivity index (χ2n) is 6.52. The Morgan fingerprint density at radius 2 is 1.92 bits per heavy atom. The molecule has 2 unspecified atom stereocenters. The van der Waals surface area contributed by atoms with E-state index in [0.717, 1.165) is 23.3 Å². The monoisotopic (exact) mass is 363 g/mol. The Hall–Kier alpha value is -1.59. The summed E-state index contributed by atoms with van der Waals surface area (Å²) in [4.78, 5) is 0. The first kappa shape index (κ1) is 19.7. The molecule has 5 heteroatoms. The van der Waals surface area contributed by atoms with Crippen LogP contribution in [-0.4, -0.2) is 31.4 Å². The molecule has 25 heavy (non-hydrogen) atoms. The van der Waals surface area contributed by atoms with Crippen LogP contribution in [-0.2, 0) is 23.4 Å². The quantitative estimate of drug-likeness (QED) is 0.828. The summed E-state index contributed by atoms with van der Waals surface area (Å²) >= 11 is 0. The fourth-order valence-electron chi connectivity index (χ4n) is 3.18. The largest absolute Gasteiger partial charge is 0.497 e. The van der Waals surface area contributed by atoms with Gasteiger partial charge in [-0.3, -0.25) is 0 Å². The summed E-state index contributed by atoms with van der Waals surface area (Å²) in [5.74, 6) is 0.865. The van der Waals surface area contributed by atoms with E-state index in [1.807, 2.05) is 36.4 Å². The molecule has 0 fully saturated rings. The molecule has 0 aromatic heterocycles. The Morgan fingerprint density at radius 1 is 1.20 bits per heavy atom. The van der Waals surface area contributed by atoms with Gasteiger partial charge < -0.3 is 19.9 Å². The Kier molecular flexibility index (Phi) is 6.85. The Morgan fingerprint density at radius 3 is 2.64 bits per heavy atom. The van der Waals surface area contributed by atoms with Gasteiger partial charge in [0, 0.05) is 12.6 Å². The molecule has 0 amide bonds. The molecule has 0 radical (unpaired) electrons. The SMILES string of the molecule is COc1ccc(CC(C)NCC2(O)COCc3ccccc32)cc1.Cl. The van der Waals surface area contributed by atoms with Gasteiger partial charge in [-0.1, -0.05) is 36.4 Å². The fraction of sp³-hybridized carbons (Fsp3) is 0.400. The van der Waals surface area contributed by atoms with Crippen LogP contribution in [0, 0.1) is 0 Å². The summed E-state index contributed by atoms with van der Waals surface area (Å²) in [5.41, 5.74) is 2.31. The molecule has 0 bridgehead atoms. The number of hydrogen-bond acceptors (Lipinski definition) is 4. The average molecular weight is 364 g/mol. The van der Waals surface area contributed by atoms with E-state index < -0.39 is 5.60 Å². The molecule has 2 N–H and O–H groups in total. The lowest BCUT2D eigenvalue weighted by Gasteiger charge is -2.35. The van der Waals surface area contributed by atoms with E-state index >= 15 is 0 Å². The smallest absolute Gasteiger partial charge is 0.126 e. The Bertz CT molecular complexity index is 677. The Labute approximate surface area is 155 Å². The van der Waals surface area contributed by atoms with Gasteiger partial charge in [-0.25, -0.2) is 0 Å². The third-order valence-electron chi connectivity index (χ3n) is 4.56. The highest BCUT2D eigenvalue weighted by atomic mass is 35.5. The summed E-state index contributed by atoms with van der Waals surface area (Å²) < 4.78 is 10.8. The van der Waals surface area contributed by atoms with Crippen LogP contribution in [0.4, 0.5) is 0 Å². The predicted octanol–water partition coefficient (Wildman–Crippen LogP) is 3.06. The minimum atomic E-state index is -0.969. The minimum absolute atomic E-state index is 0.